The molecule has 0 radical (unpaired) electrons. The lowest BCUT2D eigenvalue weighted by Crippen LogP contribution is -2.24. The van der Waals surface area contributed by atoms with Crippen molar-refractivity contribution < 1.29 is 18.3 Å². The number of phenols is 1. The van der Waals surface area contributed by atoms with E-state index < -0.39 is 10.0 Å². The highest BCUT2D eigenvalue weighted by molar-refractivity contribution is 7.92. The summed E-state index contributed by atoms with van der Waals surface area (Å²) in [5.41, 5.74) is 1.92. The van der Waals surface area contributed by atoms with E-state index in [9.17, 15) is 13.5 Å². The number of aromatic hydroxyl groups is 1. The molecule has 6 nitrogen and oxygen atoms in total. The van der Waals surface area contributed by atoms with Crippen LogP contribution in [0.25, 0.3) is 0 Å². The normalized spacial score (nSPS) is 11.6. The van der Waals surface area contributed by atoms with Crippen molar-refractivity contribution in [2.75, 3.05) is 24.2 Å². The van der Waals surface area contributed by atoms with Gasteiger partial charge >= 0.3 is 0 Å². The number of phenolic OH excluding ortho intramolecular Hbond substituents is 1. The van der Waals surface area contributed by atoms with Gasteiger partial charge in [0.2, 0.25) is 10.0 Å². The van der Waals surface area contributed by atoms with E-state index in [1.165, 1.54) is 11.4 Å². The first-order valence-corrected chi connectivity index (χ1v) is 9.20. The molecular formula is C17H20N2O4S. The Labute approximate surface area is 142 Å². The van der Waals surface area contributed by atoms with Crippen LogP contribution in [0.4, 0.5) is 11.4 Å². The van der Waals surface area contributed by atoms with Gasteiger partial charge in [-0.3, -0.25) is 9.30 Å². The van der Waals surface area contributed by atoms with Crippen LogP contribution in [0.15, 0.2) is 47.5 Å². The summed E-state index contributed by atoms with van der Waals surface area (Å²) in [5.74, 6) is 0.470. The molecule has 0 atom stereocenters. The van der Waals surface area contributed by atoms with Crippen LogP contribution >= 0.6 is 0 Å². The molecule has 0 saturated heterocycles. The summed E-state index contributed by atoms with van der Waals surface area (Å²) < 4.78 is 29.7. The van der Waals surface area contributed by atoms with Crippen molar-refractivity contribution in [2.24, 2.45) is 4.99 Å². The van der Waals surface area contributed by atoms with E-state index in [-0.39, 0.29) is 5.75 Å². The third-order valence-corrected chi connectivity index (χ3v) is 4.54. The third kappa shape index (κ3) is 4.48. The molecule has 2 aromatic rings. The third-order valence-electron chi connectivity index (χ3n) is 3.34. The van der Waals surface area contributed by atoms with Gasteiger partial charge in [-0.15, -0.1) is 0 Å². The van der Waals surface area contributed by atoms with Gasteiger partial charge in [0, 0.05) is 13.3 Å². The smallest absolute Gasteiger partial charge is 0.231 e. The van der Waals surface area contributed by atoms with E-state index in [1.807, 2.05) is 6.92 Å². The van der Waals surface area contributed by atoms with Crippen molar-refractivity contribution in [3.8, 4) is 11.5 Å². The van der Waals surface area contributed by atoms with Crippen LogP contribution in [0.5, 0.6) is 11.5 Å². The standard InChI is InChI=1S/C17H20N2O4S/c1-4-23-17-10-13(8-9-16(17)20)12-18-14-6-5-7-15(11-14)19(2)24(3,21)22/h5-12,20H,4H2,1-3H3. The van der Waals surface area contributed by atoms with Crippen LogP contribution in [0, 0.1) is 0 Å². The topological polar surface area (TPSA) is 79.2 Å². The van der Waals surface area contributed by atoms with Crippen molar-refractivity contribution in [3.05, 3.63) is 48.0 Å². The number of rotatable bonds is 6. The second-order valence-electron chi connectivity index (χ2n) is 5.17. The van der Waals surface area contributed by atoms with E-state index in [0.717, 1.165) is 11.8 Å². The average molecular weight is 348 g/mol. The van der Waals surface area contributed by atoms with Crippen LogP contribution in [0.2, 0.25) is 0 Å². The number of anilines is 1. The number of nitrogens with zero attached hydrogens (tertiary/aromatic N) is 2. The summed E-state index contributed by atoms with van der Waals surface area (Å²) in [6, 6.07) is 11.9. The predicted octanol–water partition coefficient (Wildman–Crippen LogP) is 2.94. The van der Waals surface area contributed by atoms with Gasteiger partial charge in [-0.25, -0.2) is 8.42 Å². The molecule has 24 heavy (non-hydrogen) atoms. The Kier molecular flexibility index (Phi) is 5.46. The van der Waals surface area contributed by atoms with Gasteiger partial charge in [0.05, 0.1) is 24.2 Å². The van der Waals surface area contributed by atoms with Crippen LogP contribution in [-0.4, -0.2) is 39.6 Å². The average Bonchev–Trinajstić information content (AvgIpc) is 2.54. The second-order valence-corrected chi connectivity index (χ2v) is 7.18. The molecule has 1 N–H and O–H groups in total. The largest absolute Gasteiger partial charge is 0.504 e. The number of hydrogen-bond acceptors (Lipinski definition) is 5. The van der Waals surface area contributed by atoms with E-state index in [4.69, 9.17) is 4.74 Å². The molecule has 0 unspecified atom stereocenters. The van der Waals surface area contributed by atoms with Gasteiger partial charge in [-0.05, 0) is 48.9 Å². The number of sulfonamides is 1. The first-order chi connectivity index (χ1) is 11.3. The number of hydrogen-bond donors (Lipinski definition) is 1. The van der Waals surface area contributed by atoms with E-state index >= 15 is 0 Å². The Morgan fingerprint density at radius 2 is 2.00 bits per heavy atom. The number of ether oxygens (including phenoxy) is 1. The van der Waals surface area contributed by atoms with Crippen molar-refractivity contribution in [2.45, 2.75) is 6.92 Å². The fourth-order valence-corrected chi connectivity index (χ4v) is 2.49. The molecule has 7 heteroatoms. The Bertz CT molecular complexity index is 847. The SMILES string of the molecule is CCOc1cc(C=Nc2cccc(N(C)S(C)(=O)=O)c2)ccc1O. The van der Waals surface area contributed by atoms with Gasteiger partial charge in [-0.1, -0.05) is 6.07 Å². The Balaban J connectivity index is 2.25. The minimum Gasteiger partial charge on any atom is -0.504 e. The minimum absolute atomic E-state index is 0.0748. The predicted molar refractivity (Wildman–Crippen MR) is 96.2 cm³/mol. The first-order valence-electron chi connectivity index (χ1n) is 7.35. The highest BCUT2D eigenvalue weighted by atomic mass is 32.2. The molecule has 2 aromatic carbocycles. The highest BCUT2D eigenvalue weighted by Crippen LogP contribution is 2.27. The maximum atomic E-state index is 11.6. The molecule has 0 aliphatic carbocycles. The Hall–Kier alpha value is -2.54. The number of benzene rings is 2. The zero-order valence-electron chi connectivity index (χ0n) is 13.8. The Morgan fingerprint density at radius 1 is 1.25 bits per heavy atom. The maximum Gasteiger partial charge on any atom is 0.231 e. The molecule has 0 fully saturated rings. The molecule has 0 amide bonds. The second kappa shape index (κ2) is 7.35. The van der Waals surface area contributed by atoms with Crippen LogP contribution < -0.4 is 9.04 Å². The molecule has 0 aromatic heterocycles. The summed E-state index contributed by atoms with van der Waals surface area (Å²) >= 11 is 0. The van der Waals surface area contributed by atoms with Crippen molar-refractivity contribution >= 4 is 27.6 Å². The van der Waals surface area contributed by atoms with Crippen LogP contribution in [0.3, 0.4) is 0 Å². The van der Waals surface area contributed by atoms with E-state index in [0.29, 0.717) is 23.7 Å². The quantitative estimate of drug-likeness (QED) is 0.814. The van der Waals surface area contributed by atoms with Crippen molar-refractivity contribution in [1.82, 2.24) is 0 Å². The van der Waals surface area contributed by atoms with Gasteiger partial charge < -0.3 is 9.84 Å². The zero-order valence-corrected chi connectivity index (χ0v) is 14.6. The fourth-order valence-electron chi connectivity index (χ4n) is 1.99. The summed E-state index contributed by atoms with van der Waals surface area (Å²) in [6.07, 6.45) is 2.77. The molecule has 2 rings (SSSR count). The lowest BCUT2D eigenvalue weighted by atomic mass is 10.2. The van der Waals surface area contributed by atoms with Gasteiger partial charge in [0.15, 0.2) is 11.5 Å². The molecular weight excluding hydrogens is 328 g/mol. The molecule has 128 valence electrons. The summed E-state index contributed by atoms with van der Waals surface area (Å²) in [7, 11) is -1.83. The zero-order chi connectivity index (χ0) is 17.7. The molecule has 0 saturated carbocycles. The van der Waals surface area contributed by atoms with E-state index in [2.05, 4.69) is 4.99 Å². The molecule has 0 spiro atoms. The fraction of sp³-hybridized carbons (Fsp3) is 0.235. The van der Waals surface area contributed by atoms with Gasteiger partial charge in [0.1, 0.15) is 0 Å². The maximum absolute atomic E-state index is 11.6. The number of aliphatic imine (C=N–C) groups is 1. The van der Waals surface area contributed by atoms with Crippen LogP contribution in [0.1, 0.15) is 12.5 Å². The monoisotopic (exact) mass is 348 g/mol. The Morgan fingerprint density at radius 3 is 2.67 bits per heavy atom. The summed E-state index contributed by atoms with van der Waals surface area (Å²) in [6.45, 7) is 2.29. The minimum atomic E-state index is -3.32. The van der Waals surface area contributed by atoms with Crippen molar-refractivity contribution in [1.29, 1.82) is 0 Å². The molecule has 0 aliphatic heterocycles. The summed E-state index contributed by atoms with van der Waals surface area (Å²) in [5, 5.41) is 9.69. The lowest BCUT2D eigenvalue weighted by Gasteiger charge is -2.16. The lowest BCUT2D eigenvalue weighted by molar-refractivity contribution is 0.318. The van der Waals surface area contributed by atoms with Gasteiger partial charge in [-0.2, -0.15) is 0 Å². The molecule has 0 bridgehead atoms. The van der Waals surface area contributed by atoms with E-state index in [1.54, 1.807) is 48.7 Å². The van der Waals surface area contributed by atoms with Gasteiger partial charge in [0.25, 0.3) is 0 Å². The molecule has 0 heterocycles. The van der Waals surface area contributed by atoms with Crippen molar-refractivity contribution in [3.63, 3.8) is 0 Å². The molecule has 0 aliphatic rings. The van der Waals surface area contributed by atoms with Crippen LogP contribution in [-0.2, 0) is 10.0 Å². The first kappa shape index (κ1) is 17.8. The summed E-state index contributed by atoms with van der Waals surface area (Å²) in [4.78, 5) is 4.35. The highest BCUT2D eigenvalue weighted by Gasteiger charge is 2.11.